The van der Waals surface area contributed by atoms with Crippen molar-refractivity contribution in [1.29, 1.82) is 0 Å². The number of ketones is 1. The van der Waals surface area contributed by atoms with Crippen molar-refractivity contribution in [2.75, 3.05) is 0 Å². The van der Waals surface area contributed by atoms with E-state index in [4.69, 9.17) is 17.3 Å². The summed E-state index contributed by atoms with van der Waals surface area (Å²) in [6.45, 7) is 3.69. The van der Waals surface area contributed by atoms with E-state index in [-0.39, 0.29) is 5.78 Å². The first-order valence-electron chi connectivity index (χ1n) is 3.50. The normalized spacial score (nSPS) is 9.92. The Kier molecular flexibility index (Phi) is 2.84. The monoisotopic (exact) mass is 182 g/mol. The van der Waals surface area contributed by atoms with Crippen molar-refractivity contribution in [3.8, 4) is 0 Å². The molecule has 0 fully saturated rings. The van der Waals surface area contributed by atoms with E-state index in [1.54, 1.807) is 18.2 Å². The zero-order valence-corrected chi connectivity index (χ0v) is 7.27. The Morgan fingerprint density at radius 3 is 2.67 bits per heavy atom. The predicted octanol–water partition coefficient (Wildman–Crippen LogP) is 1.82. The van der Waals surface area contributed by atoms with Gasteiger partial charge in [0.2, 0.25) is 0 Å². The zero-order valence-electron chi connectivity index (χ0n) is 6.51. The summed E-state index contributed by atoms with van der Waals surface area (Å²) in [6.07, 6.45) is 0. The Morgan fingerprint density at radius 1 is 1.58 bits per heavy atom. The highest BCUT2D eigenvalue weighted by Crippen LogP contribution is 2.17. The van der Waals surface area contributed by atoms with Crippen LogP contribution in [0.5, 0.6) is 0 Å². The third-order valence-electron chi connectivity index (χ3n) is 1.57. The van der Waals surface area contributed by atoms with Gasteiger partial charge >= 0.3 is 0 Å². The summed E-state index contributed by atoms with van der Waals surface area (Å²) in [5.74, 6) is -0.274. The molecule has 0 saturated heterocycles. The molecule has 0 aliphatic carbocycles. The average molecular weight is 183 g/mol. The maximum absolute atomic E-state index is 10.8. The molecule has 12 heavy (non-hydrogen) atoms. The topological polar surface area (TPSA) is 43.1 Å². The first-order chi connectivity index (χ1) is 5.65. The maximum atomic E-state index is 10.8. The van der Waals surface area contributed by atoms with E-state index in [1.807, 2.05) is 0 Å². The standard InChI is InChI=1S/C9H9ClNO/c1-6(12)8-3-2-7(5-11)4-9(8)10/h2-4H,1,5,11H2. The van der Waals surface area contributed by atoms with E-state index in [0.717, 1.165) is 5.56 Å². The lowest BCUT2D eigenvalue weighted by atomic mass is 10.1. The van der Waals surface area contributed by atoms with E-state index in [0.29, 0.717) is 17.1 Å². The number of carbonyl (C=O) groups excluding carboxylic acids is 1. The molecule has 0 spiro atoms. The third kappa shape index (κ3) is 1.84. The van der Waals surface area contributed by atoms with Crippen molar-refractivity contribution in [2.24, 2.45) is 5.73 Å². The molecule has 2 N–H and O–H groups in total. The van der Waals surface area contributed by atoms with Crippen molar-refractivity contribution in [3.63, 3.8) is 0 Å². The van der Waals surface area contributed by atoms with Crippen LogP contribution in [0, 0.1) is 6.92 Å². The van der Waals surface area contributed by atoms with Gasteiger partial charge in [-0.25, -0.2) is 0 Å². The minimum Gasteiger partial charge on any atom is -0.326 e. The zero-order chi connectivity index (χ0) is 9.14. The smallest absolute Gasteiger partial charge is 0.164 e. The number of Topliss-reactive ketones (excluding diaryl/α,β-unsaturated/α-hetero) is 1. The van der Waals surface area contributed by atoms with Gasteiger partial charge in [0.25, 0.3) is 0 Å². The number of carbonyl (C=O) groups is 1. The summed E-state index contributed by atoms with van der Waals surface area (Å²) in [6, 6.07) is 5.09. The second kappa shape index (κ2) is 3.70. The predicted molar refractivity (Wildman–Crippen MR) is 49.0 cm³/mol. The van der Waals surface area contributed by atoms with E-state index in [2.05, 4.69) is 6.92 Å². The molecule has 1 aromatic rings. The lowest BCUT2D eigenvalue weighted by Gasteiger charge is -2.01. The molecule has 0 aliphatic heterocycles. The van der Waals surface area contributed by atoms with Gasteiger partial charge in [0.15, 0.2) is 5.78 Å². The molecule has 0 saturated carbocycles. The second-order valence-corrected chi connectivity index (χ2v) is 2.85. The van der Waals surface area contributed by atoms with Gasteiger partial charge in [-0.05, 0) is 17.7 Å². The molecule has 0 bridgehead atoms. The first-order valence-corrected chi connectivity index (χ1v) is 3.87. The van der Waals surface area contributed by atoms with Crippen molar-refractivity contribution >= 4 is 17.4 Å². The Bertz CT molecular complexity index is 309. The number of hydrogen-bond acceptors (Lipinski definition) is 2. The molecule has 63 valence electrons. The fourth-order valence-electron chi connectivity index (χ4n) is 0.912. The van der Waals surface area contributed by atoms with Crippen LogP contribution in [0.3, 0.4) is 0 Å². The SMILES string of the molecule is [CH2]C(=O)c1ccc(CN)cc1Cl. The van der Waals surface area contributed by atoms with Gasteiger partial charge in [-0.15, -0.1) is 0 Å². The van der Waals surface area contributed by atoms with Gasteiger partial charge in [0.1, 0.15) is 0 Å². The molecule has 2 nitrogen and oxygen atoms in total. The molecule has 0 aliphatic rings. The van der Waals surface area contributed by atoms with E-state index in [9.17, 15) is 4.79 Å². The number of benzene rings is 1. The van der Waals surface area contributed by atoms with Crippen LogP contribution < -0.4 is 5.73 Å². The third-order valence-corrected chi connectivity index (χ3v) is 1.88. The molecule has 0 atom stereocenters. The molecule has 1 aromatic carbocycles. The van der Waals surface area contributed by atoms with Gasteiger partial charge in [-0.2, -0.15) is 0 Å². The number of halogens is 1. The van der Waals surface area contributed by atoms with Crippen LogP contribution in [0.1, 0.15) is 15.9 Å². The molecule has 0 unspecified atom stereocenters. The fraction of sp³-hybridized carbons (Fsp3) is 0.111. The van der Waals surface area contributed by atoms with E-state index >= 15 is 0 Å². The van der Waals surface area contributed by atoms with Crippen molar-refractivity contribution in [3.05, 3.63) is 41.3 Å². The summed E-state index contributed by atoms with van der Waals surface area (Å²) in [5.41, 5.74) is 6.73. The van der Waals surface area contributed by atoms with E-state index < -0.39 is 0 Å². The van der Waals surface area contributed by atoms with Gasteiger partial charge in [0, 0.05) is 19.0 Å². The fourth-order valence-corrected chi connectivity index (χ4v) is 1.22. The largest absolute Gasteiger partial charge is 0.326 e. The van der Waals surface area contributed by atoms with Gasteiger partial charge in [-0.1, -0.05) is 17.7 Å². The summed E-state index contributed by atoms with van der Waals surface area (Å²) in [5, 5.41) is 0.415. The molecule has 1 radical (unpaired) electrons. The molecule has 0 heterocycles. The van der Waals surface area contributed by atoms with Crippen LogP contribution in [0.25, 0.3) is 0 Å². The summed E-state index contributed by atoms with van der Waals surface area (Å²) in [7, 11) is 0. The summed E-state index contributed by atoms with van der Waals surface area (Å²) >= 11 is 5.79. The Hall–Kier alpha value is -0.860. The summed E-state index contributed by atoms with van der Waals surface area (Å²) < 4.78 is 0. The van der Waals surface area contributed by atoms with Gasteiger partial charge in [-0.3, -0.25) is 4.79 Å². The van der Waals surface area contributed by atoms with Gasteiger partial charge in [0.05, 0.1) is 5.02 Å². The lowest BCUT2D eigenvalue weighted by molar-refractivity contribution is 0.104. The number of nitrogens with two attached hydrogens (primary N) is 1. The van der Waals surface area contributed by atoms with Crippen molar-refractivity contribution in [1.82, 2.24) is 0 Å². The Labute approximate surface area is 76.3 Å². The highest BCUT2D eigenvalue weighted by molar-refractivity contribution is 6.34. The first kappa shape index (κ1) is 9.23. The molecule has 0 amide bonds. The molecule has 3 heteroatoms. The molecule has 0 aromatic heterocycles. The van der Waals surface area contributed by atoms with E-state index in [1.165, 1.54) is 0 Å². The second-order valence-electron chi connectivity index (χ2n) is 2.44. The van der Waals surface area contributed by atoms with Crippen LogP contribution in [0.2, 0.25) is 5.02 Å². The minimum absolute atomic E-state index is 0.274. The quantitative estimate of drug-likeness (QED) is 0.709. The van der Waals surface area contributed by atoms with Crippen LogP contribution in [-0.2, 0) is 6.54 Å². The minimum atomic E-state index is -0.274. The average Bonchev–Trinajstić information content (AvgIpc) is 2.03. The van der Waals surface area contributed by atoms with Gasteiger partial charge < -0.3 is 5.73 Å². The van der Waals surface area contributed by atoms with Crippen LogP contribution in [-0.4, -0.2) is 5.78 Å². The van der Waals surface area contributed by atoms with Crippen LogP contribution >= 0.6 is 11.6 Å². The highest BCUT2D eigenvalue weighted by Gasteiger charge is 2.04. The Morgan fingerprint density at radius 2 is 2.25 bits per heavy atom. The highest BCUT2D eigenvalue weighted by atomic mass is 35.5. The van der Waals surface area contributed by atoms with Crippen molar-refractivity contribution in [2.45, 2.75) is 6.54 Å². The molecular weight excluding hydrogens is 174 g/mol. The maximum Gasteiger partial charge on any atom is 0.164 e. The lowest BCUT2D eigenvalue weighted by Crippen LogP contribution is -1.99. The molecular formula is C9H9ClNO. The Balaban J connectivity index is 3.12. The summed E-state index contributed by atoms with van der Waals surface area (Å²) in [4.78, 5) is 10.8. The van der Waals surface area contributed by atoms with Crippen LogP contribution in [0.15, 0.2) is 18.2 Å². The number of hydrogen-bond donors (Lipinski definition) is 1. The molecule has 1 rings (SSSR count). The van der Waals surface area contributed by atoms with Crippen LogP contribution in [0.4, 0.5) is 0 Å². The number of rotatable bonds is 2. The van der Waals surface area contributed by atoms with Crippen molar-refractivity contribution < 1.29 is 4.79 Å².